The molecule has 1 aromatic rings. The highest BCUT2D eigenvalue weighted by Gasteiger charge is 2.07. The fourth-order valence-electron chi connectivity index (χ4n) is 0.922. The van der Waals surface area contributed by atoms with Crippen molar-refractivity contribution in [3.05, 3.63) is 29.8 Å². The van der Waals surface area contributed by atoms with E-state index in [2.05, 4.69) is 4.40 Å². The lowest BCUT2D eigenvalue weighted by atomic mass is 10.00. The van der Waals surface area contributed by atoms with Gasteiger partial charge in [0.1, 0.15) is 0 Å². The van der Waals surface area contributed by atoms with Crippen LogP contribution in [-0.2, 0) is 11.0 Å². The van der Waals surface area contributed by atoms with Crippen LogP contribution < -0.4 is 0 Å². The second kappa shape index (κ2) is 4.71. The number of nitrogens with zero attached hydrogens (tertiary/aromatic N) is 1. The van der Waals surface area contributed by atoms with Gasteiger partial charge in [-0.2, -0.15) is 4.40 Å². The molecule has 0 aliphatic heterocycles. The van der Waals surface area contributed by atoms with Crippen molar-refractivity contribution in [3.8, 4) is 0 Å². The van der Waals surface area contributed by atoms with Crippen molar-refractivity contribution in [2.24, 2.45) is 9.81 Å². The summed E-state index contributed by atoms with van der Waals surface area (Å²) in [6, 6.07) is 7.59. The van der Waals surface area contributed by atoms with Gasteiger partial charge in [0.05, 0.1) is 4.90 Å². The topological polar surface area (TPSA) is 29.4 Å². The van der Waals surface area contributed by atoms with Crippen LogP contribution in [0.2, 0.25) is 0 Å². The van der Waals surface area contributed by atoms with Gasteiger partial charge < -0.3 is 0 Å². The van der Waals surface area contributed by atoms with Gasteiger partial charge >= 0.3 is 0 Å². The van der Waals surface area contributed by atoms with E-state index in [1.807, 2.05) is 52.0 Å². The van der Waals surface area contributed by atoms with E-state index in [9.17, 15) is 4.21 Å². The third-order valence-corrected chi connectivity index (χ3v) is 2.73. The normalized spacial score (nSPS) is 14.4. The molecule has 1 rings (SSSR count). The van der Waals surface area contributed by atoms with Crippen molar-refractivity contribution >= 4 is 17.2 Å². The van der Waals surface area contributed by atoms with Crippen molar-refractivity contribution in [2.75, 3.05) is 0 Å². The van der Waals surface area contributed by atoms with Crippen LogP contribution in [0.3, 0.4) is 0 Å². The fourth-order valence-corrected chi connectivity index (χ4v) is 1.82. The Hall–Kier alpha value is -0.960. The van der Waals surface area contributed by atoms with Gasteiger partial charge in [0.25, 0.3) is 0 Å². The van der Waals surface area contributed by atoms with Crippen molar-refractivity contribution in [2.45, 2.75) is 32.6 Å². The molecule has 0 aliphatic rings. The monoisotopic (exact) mass is 223 g/mol. The Morgan fingerprint density at radius 2 is 1.73 bits per heavy atom. The Kier molecular flexibility index (Phi) is 3.80. The molecule has 82 valence electrons. The molecule has 0 heterocycles. The first kappa shape index (κ1) is 12.1. The zero-order valence-electron chi connectivity index (χ0n) is 9.65. The molecule has 0 N–H and O–H groups in total. The summed E-state index contributed by atoms with van der Waals surface area (Å²) in [7, 11) is -1.27. The van der Waals surface area contributed by atoms with Crippen LogP contribution in [-0.4, -0.2) is 10.4 Å². The lowest BCUT2D eigenvalue weighted by Crippen LogP contribution is -2.06. The predicted molar refractivity (Wildman–Crippen MR) is 65.5 cm³/mol. The summed E-state index contributed by atoms with van der Waals surface area (Å²) in [5.41, 5.74) is 1.14. The van der Waals surface area contributed by atoms with Gasteiger partial charge in [-0.1, -0.05) is 38.5 Å². The predicted octanol–water partition coefficient (Wildman–Crippen LogP) is 3.13. The molecule has 3 heteroatoms. The highest BCUT2D eigenvalue weighted by atomic mass is 32.2. The van der Waals surface area contributed by atoms with Crippen molar-refractivity contribution in [3.63, 3.8) is 0 Å². The summed E-state index contributed by atoms with van der Waals surface area (Å²) >= 11 is 0. The first-order valence-corrected chi connectivity index (χ1v) is 6.03. The molecule has 15 heavy (non-hydrogen) atoms. The van der Waals surface area contributed by atoms with Gasteiger partial charge in [0.15, 0.2) is 11.0 Å². The van der Waals surface area contributed by atoms with Gasteiger partial charge in [-0.25, -0.2) is 4.21 Å². The lowest BCUT2D eigenvalue weighted by molar-refractivity contribution is 0.607. The highest BCUT2D eigenvalue weighted by molar-refractivity contribution is 7.83. The number of benzene rings is 1. The Bertz CT molecular complexity index is 374. The van der Waals surface area contributed by atoms with E-state index in [0.717, 1.165) is 10.5 Å². The molecule has 1 aromatic carbocycles. The maximum atomic E-state index is 11.7. The Labute approximate surface area is 94.0 Å². The van der Waals surface area contributed by atoms with Crippen LogP contribution in [0.5, 0.6) is 0 Å². The largest absolute Gasteiger partial charge is 0.230 e. The molecular formula is C12H17NOS. The lowest BCUT2D eigenvalue weighted by Gasteiger charge is -2.09. The first-order chi connectivity index (χ1) is 6.88. The van der Waals surface area contributed by atoms with Crippen LogP contribution in [0.25, 0.3) is 0 Å². The molecule has 0 radical (unpaired) electrons. The molecule has 0 fully saturated rings. The van der Waals surface area contributed by atoms with Crippen LogP contribution >= 0.6 is 0 Å². The molecule has 0 spiro atoms. The zero-order chi connectivity index (χ0) is 11.5. The second-order valence-corrected chi connectivity index (χ2v) is 5.84. The summed E-state index contributed by atoms with van der Waals surface area (Å²) in [5.74, 6) is 0. The van der Waals surface area contributed by atoms with Crippen LogP contribution in [0.15, 0.2) is 33.6 Å². The summed E-state index contributed by atoms with van der Waals surface area (Å²) in [4.78, 5) is 0.751. The summed E-state index contributed by atoms with van der Waals surface area (Å²) in [6.45, 7) is 8.10. The zero-order valence-corrected chi connectivity index (χ0v) is 10.5. The van der Waals surface area contributed by atoms with Gasteiger partial charge in [-0.05, 0) is 24.5 Å². The minimum Gasteiger partial charge on any atom is -0.230 e. The fraction of sp³-hybridized carbons (Fsp3) is 0.417. The third-order valence-electron chi connectivity index (χ3n) is 1.76. The number of hydrogen-bond acceptors (Lipinski definition) is 1. The molecule has 1 unspecified atom stereocenters. The first-order valence-electron chi connectivity index (χ1n) is 4.92. The maximum Gasteiger partial charge on any atom is 0.172 e. The number of hydrogen-bond donors (Lipinski definition) is 0. The molecule has 0 aliphatic carbocycles. The van der Waals surface area contributed by atoms with Gasteiger partial charge in [0.2, 0.25) is 0 Å². The Morgan fingerprint density at radius 1 is 1.20 bits per heavy atom. The van der Waals surface area contributed by atoms with Gasteiger partial charge in [-0.15, -0.1) is 0 Å². The van der Waals surface area contributed by atoms with Crippen molar-refractivity contribution in [1.82, 2.24) is 0 Å². The van der Waals surface area contributed by atoms with Crippen LogP contribution in [0, 0.1) is 12.3 Å². The van der Waals surface area contributed by atoms with E-state index >= 15 is 0 Å². The van der Waals surface area contributed by atoms with E-state index in [1.54, 1.807) is 6.21 Å². The average molecular weight is 223 g/mol. The van der Waals surface area contributed by atoms with Gasteiger partial charge in [-0.3, -0.25) is 0 Å². The Balaban J connectivity index is 2.78. The summed E-state index contributed by atoms with van der Waals surface area (Å²) in [5, 5.41) is 0. The standard InChI is InChI=1S/C12H17NOS/c1-10-5-7-11(8-6-10)15(14)13-9-12(2,3)4/h5-9H,1-4H3/b13-9+. The minimum atomic E-state index is -1.27. The molecule has 2 nitrogen and oxygen atoms in total. The van der Waals surface area contributed by atoms with Crippen LogP contribution in [0.1, 0.15) is 26.3 Å². The summed E-state index contributed by atoms with van der Waals surface area (Å²) < 4.78 is 15.8. The number of rotatable bonds is 2. The van der Waals surface area contributed by atoms with Gasteiger partial charge in [0, 0.05) is 6.21 Å². The molecule has 0 bridgehead atoms. The van der Waals surface area contributed by atoms with E-state index in [0.29, 0.717) is 0 Å². The average Bonchev–Trinajstić information content (AvgIpc) is 2.14. The maximum absolute atomic E-state index is 11.7. The molecule has 0 aromatic heterocycles. The molecule has 1 atom stereocenters. The SMILES string of the molecule is Cc1ccc(S(=O)/N=C/C(C)(C)C)cc1. The third kappa shape index (κ3) is 4.38. The van der Waals surface area contributed by atoms with E-state index in [1.165, 1.54) is 0 Å². The summed E-state index contributed by atoms with van der Waals surface area (Å²) in [6.07, 6.45) is 1.74. The van der Waals surface area contributed by atoms with E-state index < -0.39 is 11.0 Å². The van der Waals surface area contributed by atoms with E-state index in [-0.39, 0.29) is 5.41 Å². The van der Waals surface area contributed by atoms with Crippen LogP contribution in [0.4, 0.5) is 0 Å². The smallest absolute Gasteiger partial charge is 0.172 e. The Morgan fingerprint density at radius 3 is 2.20 bits per heavy atom. The molecule has 0 amide bonds. The molecule has 0 saturated carbocycles. The van der Waals surface area contributed by atoms with Crippen molar-refractivity contribution in [1.29, 1.82) is 0 Å². The quantitative estimate of drug-likeness (QED) is 0.708. The molecule has 0 saturated heterocycles. The number of aryl methyl sites for hydroxylation is 1. The van der Waals surface area contributed by atoms with E-state index in [4.69, 9.17) is 0 Å². The minimum absolute atomic E-state index is 0.0274. The highest BCUT2D eigenvalue weighted by Crippen LogP contribution is 2.12. The second-order valence-electron chi connectivity index (χ2n) is 4.66. The molecular weight excluding hydrogens is 206 g/mol. The van der Waals surface area contributed by atoms with Crippen molar-refractivity contribution < 1.29 is 4.21 Å².